The van der Waals surface area contributed by atoms with Crippen LogP contribution in [0, 0.1) is 10.1 Å². The van der Waals surface area contributed by atoms with Crippen LogP contribution in [0.25, 0.3) is 6.08 Å². The van der Waals surface area contributed by atoms with Crippen molar-refractivity contribution in [1.29, 1.82) is 0 Å². The monoisotopic (exact) mass is 155 g/mol. The first-order valence-electron chi connectivity index (χ1n) is 2.64. The van der Waals surface area contributed by atoms with Crippen LogP contribution < -0.4 is 0 Å². The molecule has 0 aliphatic rings. The average Bonchev–Trinajstić information content (AvgIpc) is 2.34. The number of nitro groups is 1. The molecule has 0 N–H and O–H groups in total. The van der Waals surface area contributed by atoms with Gasteiger partial charge in [-0.05, 0) is 11.4 Å². The molecule has 0 atom stereocenters. The summed E-state index contributed by atoms with van der Waals surface area (Å²) in [5.41, 5.74) is 0. The summed E-state index contributed by atoms with van der Waals surface area (Å²) >= 11 is 1.47. The van der Waals surface area contributed by atoms with Crippen molar-refractivity contribution in [3.8, 4) is 0 Å². The fourth-order valence-electron chi connectivity index (χ4n) is 0.520. The van der Waals surface area contributed by atoms with E-state index in [2.05, 4.69) is 0 Å². The average molecular weight is 155 g/mol. The Hall–Kier alpha value is -1.16. The fraction of sp³-hybridized carbons (Fsp3) is 0. The number of thiophene rings is 1. The quantitative estimate of drug-likeness (QED) is 0.484. The van der Waals surface area contributed by atoms with Gasteiger partial charge in [0.25, 0.3) is 0 Å². The van der Waals surface area contributed by atoms with Crippen molar-refractivity contribution < 1.29 is 4.92 Å². The van der Waals surface area contributed by atoms with Crippen molar-refractivity contribution in [2.75, 3.05) is 0 Å². The van der Waals surface area contributed by atoms with Gasteiger partial charge in [-0.25, -0.2) is 0 Å². The summed E-state index contributed by atoms with van der Waals surface area (Å²) in [7, 11) is 0. The first-order chi connectivity index (χ1) is 4.79. The molecule has 1 aromatic rings. The third kappa shape index (κ3) is 1.99. The van der Waals surface area contributed by atoms with E-state index < -0.39 is 4.92 Å². The van der Waals surface area contributed by atoms with Crippen molar-refractivity contribution in [3.05, 3.63) is 38.7 Å². The van der Waals surface area contributed by atoms with E-state index in [1.807, 2.05) is 17.5 Å². The van der Waals surface area contributed by atoms with Gasteiger partial charge < -0.3 is 0 Å². The lowest BCUT2D eigenvalue weighted by molar-refractivity contribution is -0.400. The van der Waals surface area contributed by atoms with E-state index in [-0.39, 0.29) is 0 Å². The largest absolute Gasteiger partial charge is 0.259 e. The van der Waals surface area contributed by atoms with Crippen LogP contribution in [0.3, 0.4) is 0 Å². The van der Waals surface area contributed by atoms with Crippen LogP contribution in [0.15, 0.2) is 23.7 Å². The van der Waals surface area contributed by atoms with Gasteiger partial charge in [0, 0.05) is 11.0 Å². The van der Waals surface area contributed by atoms with Crippen LogP contribution in [0.2, 0.25) is 0 Å². The molecule has 0 aliphatic heterocycles. The van der Waals surface area contributed by atoms with Crippen molar-refractivity contribution in [2.24, 2.45) is 0 Å². The molecule has 0 fully saturated rings. The summed E-state index contributed by atoms with van der Waals surface area (Å²) in [5, 5.41) is 11.7. The standard InChI is InChI=1S/C6H5NO2S/c8-7(9)4-3-6-2-1-5-10-6/h1-5H/b4-3-. The molecule has 10 heavy (non-hydrogen) atoms. The number of hydrogen-bond acceptors (Lipinski definition) is 3. The van der Waals surface area contributed by atoms with E-state index in [0.717, 1.165) is 11.1 Å². The number of nitrogens with zero attached hydrogens (tertiary/aromatic N) is 1. The normalized spacial score (nSPS) is 10.4. The van der Waals surface area contributed by atoms with E-state index >= 15 is 0 Å². The molecule has 3 nitrogen and oxygen atoms in total. The molecule has 0 aliphatic carbocycles. The minimum atomic E-state index is -0.472. The molecule has 0 saturated heterocycles. The van der Waals surface area contributed by atoms with Gasteiger partial charge in [-0.3, -0.25) is 10.1 Å². The van der Waals surface area contributed by atoms with Crippen molar-refractivity contribution in [3.63, 3.8) is 0 Å². The zero-order chi connectivity index (χ0) is 7.40. The van der Waals surface area contributed by atoms with Gasteiger partial charge in [-0.15, -0.1) is 11.3 Å². The van der Waals surface area contributed by atoms with E-state index in [1.54, 1.807) is 0 Å². The van der Waals surface area contributed by atoms with Gasteiger partial charge in [0.15, 0.2) is 0 Å². The topological polar surface area (TPSA) is 43.1 Å². The number of hydrogen-bond donors (Lipinski definition) is 0. The third-order valence-corrected chi connectivity index (χ3v) is 1.74. The predicted octanol–water partition coefficient (Wildman–Crippen LogP) is 2.00. The summed E-state index contributed by atoms with van der Waals surface area (Å²) in [4.78, 5) is 10.2. The highest BCUT2D eigenvalue weighted by molar-refractivity contribution is 7.10. The van der Waals surface area contributed by atoms with Gasteiger partial charge in [-0.1, -0.05) is 6.07 Å². The Morgan fingerprint density at radius 1 is 1.70 bits per heavy atom. The molecule has 0 unspecified atom stereocenters. The highest BCUT2D eigenvalue weighted by Crippen LogP contribution is 2.09. The predicted molar refractivity (Wildman–Crippen MR) is 40.3 cm³/mol. The summed E-state index contributed by atoms with van der Waals surface area (Å²) in [6, 6.07) is 3.68. The van der Waals surface area contributed by atoms with Crippen LogP contribution >= 0.6 is 11.3 Å². The molecule has 0 amide bonds. The lowest BCUT2D eigenvalue weighted by atomic mass is 10.5. The van der Waals surface area contributed by atoms with Gasteiger partial charge in [0.1, 0.15) is 0 Å². The Morgan fingerprint density at radius 3 is 3.00 bits per heavy atom. The first-order valence-corrected chi connectivity index (χ1v) is 3.52. The van der Waals surface area contributed by atoms with E-state index in [1.165, 1.54) is 17.4 Å². The van der Waals surface area contributed by atoms with Gasteiger partial charge in [-0.2, -0.15) is 0 Å². The van der Waals surface area contributed by atoms with E-state index in [0.29, 0.717) is 0 Å². The second-order valence-corrected chi connectivity index (χ2v) is 2.60. The molecule has 1 aromatic heterocycles. The second kappa shape index (κ2) is 3.12. The van der Waals surface area contributed by atoms with Crippen molar-refractivity contribution in [1.82, 2.24) is 0 Å². The highest BCUT2D eigenvalue weighted by atomic mass is 32.1. The Morgan fingerprint density at radius 2 is 2.50 bits per heavy atom. The zero-order valence-electron chi connectivity index (χ0n) is 5.06. The molecule has 4 heteroatoms. The van der Waals surface area contributed by atoms with Crippen LogP contribution in [0.1, 0.15) is 4.88 Å². The highest BCUT2D eigenvalue weighted by Gasteiger charge is 1.88. The van der Waals surface area contributed by atoms with Crippen LogP contribution in [-0.4, -0.2) is 4.92 Å². The maximum atomic E-state index is 9.82. The first kappa shape index (κ1) is 6.95. The van der Waals surface area contributed by atoms with E-state index in [9.17, 15) is 10.1 Å². The minimum Gasteiger partial charge on any atom is -0.259 e. The van der Waals surface area contributed by atoms with E-state index in [4.69, 9.17) is 0 Å². The Bertz CT molecular complexity index is 240. The maximum Gasteiger partial charge on any atom is 0.235 e. The van der Waals surface area contributed by atoms with Crippen molar-refractivity contribution >= 4 is 17.4 Å². The van der Waals surface area contributed by atoms with Crippen LogP contribution in [0.4, 0.5) is 0 Å². The molecule has 0 aromatic carbocycles. The maximum absolute atomic E-state index is 9.82. The SMILES string of the molecule is O=[N+]([O-])/C=C\c1cccs1. The molecule has 0 radical (unpaired) electrons. The lowest BCUT2D eigenvalue weighted by Gasteiger charge is -1.77. The summed E-state index contributed by atoms with van der Waals surface area (Å²) in [5.74, 6) is 0. The molecular formula is C6H5NO2S. The lowest BCUT2D eigenvalue weighted by Crippen LogP contribution is -1.80. The van der Waals surface area contributed by atoms with Crippen LogP contribution in [-0.2, 0) is 0 Å². The summed E-state index contributed by atoms with van der Waals surface area (Å²) in [6.07, 6.45) is 2.41. The van der Waals surface area contributed by atoms with Gasteiger partial charge in [0.05, 0.1) is 4.92 Å². The summed E-state index contributed by atoms with van der Waals surface area (Å²) in [6.45, 7) is 0. The minimum absolute atomic E-state index is 0.472. The Labute approximate surface area is 61.8 Å². The van der Waals surface area contributed by atoms with Crippen LogP contribution in [0.5, 0.6) is 0 Å². The molecule has 0 bridgehead atoms. The molecule has 1 heterocycles. The van der Waals surface area contributed by atoms with Gasteiger partial charge >= 0.3 is 0 Å². The zero-order valence-corrected chi connectivity index (χ0v) is 5.88. The molecule has 52 valence electrons. The Balaban J connectivity index is 2.64. The fourth-order valence-corrected chi connectivity index (χ4v) is 1.13. The smallest absolute Gasteiger partial charge is 0.235 e. The summed E-state index contributed by atoms with van der Waals surface area (Å²) < 4.78 is 0. The van der Waals surface area contributed by atoms with Crippen molar-refractivity contribution in [2.45, 2.75) is 0 Å². The third-order valence-electron chi connectivity index (χ3n) is 0.904. The second-order valence-electron chi connectivity index (χ2n) is 1.62. The van der Waals surface area contributed by atoms with Gasteiger partial charge in [0.2, 0.25) is 6.20 Å². The molecule has 0 saturated carbocycles. The number of rotatable bonds is 2. The molecular weight excluding hydrogens is 150 g/mol. The Kier molecular flexibility index (Phi) is 2.17. The molecule has 1 rings (SSSR count). The molecule has 0 spiro atoms.